The molecule has 4 N–H and O–H groups in total. The van der Waals surface area contributed by atoms with E-state index in [0.717, 1.165) is 10.6 Å². The van der Waals surface area contributed by atoms with Crippen LogP contribution in [0, 0.1) is 0 Å². The van der Waals surface area contributed by atoms with Crippen molar-refractivity contribution in [3.8, 4) is 0 Å². The van der Waals surface area contributed by atoms with Gasteiger partial charge in [0.25, 0.3) is 0 Å². The molecule has 0 unspecified atom stereocenters. The van der Waals surface area contributed by atoms with E-state index >= 15 is 0 Å². The number of hydrogen-bond donors (Lipinski definition) is 2. The standard InChI is InChI=1S/C16H18N2O2S/c1-2-20-16(19)14-13(9-8-12(17)15(14)18)21-10-11-6-4-3-5-7-11/h3-9H,2,10,17-18H2,1H3. The van der Waals surface area contributed by atoms with Crippen molar-refractivity contribution < 1.29 is 9.53 Å². The summed E-state index contributed by atoms with van der Waals surface area (Å²) < 4.78 is 5.07. The van der Waals surface area contributed by atoms with Gasteiger partial charge >= 0.3 is 5.97 Å². The van der Waals surface area contributed by atoms with E-state index in [1.165, 1.54) is 5.56 Å². The minimum atomic E-state index is -0.433. The zero-order chi connectivity index (χ0) is 15.2. The molecule has 0 radical (unpaired) electrons. The van der Waals surface area contributed by atoms with Gasteiger partial charge in [-0.1, -0.05) is 30.3 Å². The average molecular weight is 302 g/mol. The van der Waals surface area contributed by atoms with Gasteiger partial charge in [0.15, 0.2) is 0 Å². The van der Waals surface area contributed by atoms with E-state index in [9.17, 15) is 4.79 Å². The summed E-state index contributed by atoms with van der Waals surface area (Å²) in [5.74, 6) is 0.314. The second kappa shape index (κ2) is 7.04. The Morgan fingerprint density at radius 3 is 2.52 bits per heavy atom. The molecule has 0 spiro atoms. The van der Waals surface area contributed by atoms with Gasteiger partial charge in [-0.2, -0.15) is 0 Å². The fourth-order valence-electron chi connectivity index (χ4n) is 1.89. The predicted molar refractivity (Wildman–Crippen MR) is 87.2 cm³/mol. The van der Waals surface area contributed by atoms with Crippen LogP contribution in [-0.4, -0.2) is 12.6 Å². The zero-order valence-electron chi connectivity index (χ0n) is 11.8. The third-order valence-corrected chi connectivity index (χ3v) is 4.09. The molecule has 0 aliphatic carbocycles. The van der Waals surface area contributed by atoms with Gasteiger partial charge in [-0.15, -0.1) is 11.8 Å². The molecule has 0 saturated carbocycles. The van der Waals surface area contributed by atoms with Crippen molar-refractivity contribution in [1.82, 2.24) is 0 Å². The lowest BCUT2D eigenvalue weighted by molar-refractivity contribution is 0.0523. The summed E-state index contributed by atoms with van der Waals surface area (Å²) in [6.07, 6.45) is 0. The highest BCUT2D eigenvalue weighted by atomic mass is 32.2. The van der Waals surface area contributed by atoms with Crippen LogP contribution in [0.2, 0.25) is 0 Å². The number of hydrogen-bond acceptors (Lipinski definition) is 5. The number of thioether (sulfide) groups is 1. The normalized spacial score (nSPS) is 10.3. The van der Waals surface area contributed by atoms with Crippen LogP contribution in [0.3, 0.4) is 0 Å². The topological polar surface area (TPSA) is 78.3 Å². The van der Waals surface area contributed by atoms with E-state index in [-0.39, 0.29) is 5.69 Å². The minimum absolute atomic E-state index is 0.284. The molecule has 0 amide bonds. The van der Waals surface area contributed by atoms with E-state index < -0.39 is 5.97 Å². The van der Waals surface area contributed by atoms with Crippen molar-refractivity contribution in [2.24, 2.45) is 0 Å². The lowest BCUT2D eigenvalue weighted by Gasteiger charge is -2.13. The van der Waals surface area contributed by atoms with Crippen LogP contribution in [0.1, 0.15) is 22.8 Å². The largest absolute Gasteiger partial charge is 0.462 e. The molecule has 0 aliphatic rings. The summed E-state index contributed by atoms with van der Waals surface area (Å²) in [4.78, 5) is 12.9. The van der Waals surface area contributed by atoms with Crippen molar-refractivity contribution in [2.75, 3.05) is 18.1 Å². The molecule has 0 atom stereocenters. The van der Waals surface area contributed by atoms with Crippen molar-refractivity contribution in [3.63, 3.8) is 0 Å². The first kappa shape index (κ1) is 15.3. The van der Waals surface area contributed by atoms with Gasteiger partial charge in [-0.3, -0.25) is 0 Å². The molecular weight excluding hydrogens is 284 g/mol. The fraction of sp³-hybridized carbons (Fsp3) is 0.188. The van der Waals surface area contributed by atoms with Gasteiger partial charge in [0.1, 0.15) is 0 Å². The smallest absolute Gasteiger partial charge is 0.341 e. The van der Waals surface area contributed by atoms with E-state index in [0.29, 0.717) is 17.9 Å². The Morgan fingerprint density at radius 2 is 1.86 bits per heavy atom. The molecule has 21 heavy (non-hydrogen) atoms. The molecule has 2 rings (SSSR count). The highest BCUT2D eigenvalue weighted by Crippen LogP contribution is 2.33. The van der Waals surface area contributed by atoms with E-state index in [2.05, 4.69) is 0 Å². The highest BCUT2D eigenvalue weighted by Gasteiger charge is 2.18. The number of benzene rings is 2. The molecule has 2 aromatic carbocycles. The molecule has 0 fully saturated rings. The molecule has 5 heteroatoms. The number of rotatable bonds is 5. The summed E-state index contributed by atoms with van der Waals surface area (Å²) in [6, 6.07) is 13.5. The van der Waals surface area contributed by atoms with Crippen molar-refractivity contribution >= 4 is 29.1 Å². The third kappa shape index (κ3) is 3.70. The van der Waals surface area contributed by atoms with Crippen LogP contribution in [0.5, 0.6) is 0 Å². The minimum Gasteiger partial charge on any atom is -0.462 e. The van der Waals surface area contributed by atoms with Crippen LogP contribution in [0.25, 0.3) is 0 Å². The Bertz CT molecular complexity index is 630. The zero-order valence-corrected chi connectivity index (χ0v) is 12.7. The molecular formula is C16H18N2O2S. The second-order valence-electron chi connectivity index (χ2n) is 4.44. The SMILES string of the molecule is CCOC(=O)c1c(SCc2ccccc2)ccc(N)c1N. The number of nitrogen functional groups attached to an aromatic ring is 2. The fourth-order valence-corrected chi connectivity index (χ4v) is 2.90. The Balaban J connectivity index is 2.26. The monoisotopic (exact) mass is 302 g/mol. The second-order valence-corrected chi connectivity index (χ2v) is 5.45. The summed E-state index contributed by atoms with van der Waals surface area (Å²) >= 11 is 1.54. The Hall–Kier alpha value is -2.14. The van der Waals surface area contributed by atoms with Gasteiger partial charge in [0.05, 0.1) is 23.5 Å². The maximum absolute atomic E-state index is 12.1. The summed E-state index contributed by atoms with van der Waals surface area (Å²) in [6.45, 7) is 2.06. The van der Waals surface area contributed by atoms with Crippen LogP contribution in [-0.2, 0) is 10.5 Å². The average Bonchev–Trinajstić information content (AvgIpc) is 2.49. The molecule has 2 aromatic rings. The molecule has 0 aliphatic heterocycles. The van der Waals surface area contributed by atoms with Gasteiger partial charge in [0.2, 0.25) is 0 Å². The summed E-state index contributed by atoms with van der Waals surface area (Å²) in [7, 11) is 0. The van der Waals surface area contributed by atoms with Gasteiger partial charge in [0, 0.05) is 10.6 Å². The number of ether oxygens (including phenoxy) is 1. The lowest BCUT2D eigenvalue weighted by Crippen LogP contribution is -2.11. The van der Waals surface area contributed by atoms with E-state index in [1.54, 1.807) is 24.8 Å². The van der Waals surface area contributed by atoms with Gasteiger partial charge in [-0.25, -0.2) is 4.79 Å². The van der Waals surface area contributed by atoms with Crippen LogP contribution in [0.15, 0.2) is 47.4 Å². The lowest BCUT2D eigenvalue weighted by atomic mass is 10.1. The quantitative estimate of drug-likeness (QED) is 0.503. The van der Waals surface area contributed by atoms with Gasteiger partial charge < -0.3 is 16.2 Å². The first-order chi connectivity index (χ1) is 10.1. The van der Waals surface area contributed by atoms with Crippen LogP contribution in [0.4, 0.5) is 11.4 Å². The van der Waals surface area contributed by atoms with E-state index in [1.807, 2.05) is 36.4 Å². The number of nitrogens with two attached hydrogens (primary N) is 2. The number of anilines is 2. The summed E-state index contributed by atoms with van der Waals surface area (Å²) in [5, 5.41) is 0. The third-order valence-electron chi connectivity index (χ3n) is 2.96. The maximum atomic E-state index is 12.1. The molecule has 0 aromatic heterocycles. The van der Waals surface area contributed by atoms with Gasteiger partial charge in [-0.05, 0) is 24.6 Å². The van der Waals surface area contributed by atoms with Crippen molar-refractivity contribution in [1.29, 1.82) is 0 Å². The Kier molecular flexibility index (Phi) is 5.11. The molecule has 4 nitrogen and oxygen atoms in total. The van der Waals surface area contributed by atoms with Crippen molar-refractivity contribution in [2.45, 2.75) is 17.6 Å². The van der Waals surface area contributed by atoms with E-state index in [4.69, 9.17) is 16.2 Å². The Labute approximate surface area is 128 Å². The van der Waals surface area contributed by atoms with Crippen LogP contribution >= 0.6 is 11.8 Å². The Morgan fingerprint density at radius 1 is 1.14 bits per heavy atom. The number of esters is 1. The number of carbonyl (C=O) groups is 1. The summed E-state index contributed by atoms with van der Waals surface area (Å²) in [5.41, 5.74) is 13.9. The maximum Gasteiger partial charge on any atom is 0.341 e. The molecule has 110 valence electrons. The molecule has 0 heterocycles. The first-order valence-electron chi connectivity index (χ1n) is 6.65. The number of carbonyl (C=O) groups excluding carboxylic acids is 1. The highest BCUT2D eigenvalue weighted by molar-refractivity contribution is 7.98. The first-order valence-corrected chi connectivity index (χ1v) is 7.63. The van der Waals surface area contributed by atoms with Crippen LogP contribution < -0.4 is 11.5 Å². The van der Waals surface area contributed by atoms with Crippen molar-refractivity contribution in [3.05, 3.63) is 53.6 Å². The predicted octanol–water partition coefficient (Wildman–Crippen LogP) is 3.32. The molecule has 0 saturated heterocycles. The molecule has 0 bridgehead atoms.